The first kappa shape index (κ1) is 9.97. The number of nitrogens with one attached hydrogen (secondary N) is 1. The van der Waals surface area contributed by atoms with Crippen LogP contribution < -0.4 is 5.32 Å². The molecule has 2 heterocycles. The number of rotatable bonds is 2. The summed E-state index contributed by atoms with van der Waals surface area (Å²) in [6.07, 6.45) is 4.31. The number of carbonyl (C=O) groups is 1. The van der Waals surface area contributed by atoms with E-state index in [9.17, 15) is 4.79 Å². The average molecular weight is 196 g/mol. The van der Waals surface area contributed by atoms with Gasteiger partial charge in [-0.3, -0.25) is 4.79 Å². The first-order valence-corrected chi connectivity index (χ1v) is 5.77. The summed E-state index contributed by atoms with van der Waals surface area (Å²) in [6.45, 7) is 5.27. The molecule has 2 unspecified atom stereocenters. The Balaban J connectivity index is 1.77. The molecule has 1 amide bonds. The highest BCUT2D eigenvalue weighted by Crippen LogP contribution is 2.18. The molecule has 14 heavy (non-hydrogen) atoms. The van der Waals surface area contributed by atoms with Crippen LogP contribution in [0.15, 0.2) is 0 Å². The third kappa shape index (κ3) is 2.27. The lowest BCUT2D eigenvalue weighted by Gasteiger charge is -2.18. The van der Waals surface area contributed by atoms with Gasteiger partial charge < -0.3 is 10.2 Å². The molecule has 0 bridgehead atoms. The fourth-order valence-corrected chi connectivity index (χ4v) is 2.43. The fraction of sp³-hybridized carbons (Fsp3) is 0.909. The molecule has 2 rings (SSSR count). The number of likely N-dealkylation sites (tertiary alicyclic amines) is 1. The lowest BCUT2D eigenvalue weighted by molar-refractivity contribution is -0.130. The van der Waals surface area contributed by atoms with E-state index in [1.54, 1.807) is 0 Å². The summed E-state index contributed by atoms with van der Waals surface area (Å²) >= 11 is 0. The molecule has 0 aromatic heterocycles. The Kier molecular flexibility index (Phi) is 3.06. The summed E-state index contributed by atoms with van der Waals surface area (Å²) in [5, 5.41) is 3.37. The summed E-state index contributed by atoms with van der Waals surface area (Å²) < 4.78 is 0. The van der Waals surface area contributed by atoms with Crippen LogP contribution in [0.25, 0.3) is 0 Å². The minimum Gasteiger partial charge on any atom is -0.342 e. The van der Waals surface area contributed by atoms with E-state index in [2.05, 4.69) is 12.2 Å². The van der Waals surface area contributed by atoms with E-state index >= 15 is 0 Å². The standard InChI is InChI=1S/C11H20N2O/c1-9-4-6-13(8-9)11(14)7-10-3-2-5-12-10/h9-10,12H,2-8H2,1H3. The predicted octanol–water partition coefficient (Wildman–Crippen LogP) is 0.997. The zero-order chi connectivity index (χ0) is 9.97. The summed E-state index contributed by atoms with van der Waals surface area (Å²) in [5.41, 5.74) is 0. The molecule has 0 aliphatic carbocycles. The third-order valence-electron chi connectivity index (χ3n) is 3.36. The Morgan fingerprint density at radius 1 is 1.50 bits per heavy atom. The van der Waals surface area contributed by atoms with E-state index in [0.29, 0.717) is 24.3 Å². The lowest BCUT2D eigenvalue weighted by atomic mass is 10.1. The van der Waals surface area contributed by atoms with Gasteiger partial charge in [-0.1, -0.05) is 6.92 Å². The van der Waals surface area contributed by atoms with Gasteiger partial charge in [-0.2, -0.15) is 0 Å². The second-order valence-corrected chi connectivity index (χ2v) is 4.73. The number of hydrogen-bond donors (Lipinski definition) is 1. The largest absolute Gasteiger partial charge is 0.342 e. The smallest absolute Gasteiger partial charge is 0.224 e. The van der Waals surface area contributed by atoms with E-state index in [4.69, 9.17) is 0 Å². The fourth-order valence-electron chi connectivity index (χ4n) is 2.43. The van der Waals surface area contributed by atoms with Gasteiger partial charge in [-0.15, -0.1) is 0 Å². The Hall–Kier alpha value is -0.570. The number of carbonyl (C=O) groups excluding carboxylic acids is 1. The second kappa shape index (κ2) is 4.30. The molecule has 2 aliphatic heterocycles. The molecule has 2 fully saturated rings. The maximum atomic E-state index is 11.8. The normalized spacial score (nSPS) is 32.5. The van der Waals surface area contributed by atoms with E-state index in [1.165, 1.54) is 19.3 Å². The van der Waals surface area contributed by atoms with Gasteiger partial charge in [0.25, 0.3) is 0 Å². The zero-order valence-corrected chi connectivity index (χ0v) is 8.96. The molecule has 0 aromatic carbocycles. The molecule has 3 heteroatoms. The summed E-state index contributed by atoms with van der Waals surface area (Å²) in [5.74, 6) is 1.06. The summed E-state index contributed by atoms with van der Waals surface area (Å²) in [6, 6.07) is 0.457. The highest BCUT2D eigenvalue weighted by atomic mass is 16.2. The van der Waals surface area contributed by atoms with Gasteiger partial charge in [0.2, 0.25) is 5.91 Å². The van der Waals surface area contributed by atoms with Gasteiger partial charge in [0.15, 0.2) is 0 Å². The first-order chi connectivity index (χ1) is 6.75. The average Bonchev–Trinajstić information content (AvgIpc) is 2.75. The second-order valence-electron chi connectivity index (χ2n) is 4.73. The zero-order valence-electron chi connectivity index (χ0n) is 8.96. The molecule has 2 aliphatic rings. The van der Waals surface area contributed by atoms with Crippen LogP contribution >= 0.6 is 0 Å². The van der Waals surface area contributed by atoms with Crippen LogP contribution in [0, 0.1) is 5.92 Å². The van der Waals surface area contributed by atoms with Gasteiger partial charge in [0.1, 0.15) is 0 Å². The van der Waals surface area contributed by atoms with Crippen LogP contribution in [0.2, 0.25) is 0 Å². The maximum absolute atomic E-state index is 11.8. The highest BCUT2D eigenvalue weighted by molar-refractivity contribution is 5.77. The highest BCUT2D eigenvalue weighted by Gasteiger charge is 2.26. The molecular weight excluding hydrogens is 176 g/mol. The number of nitrogens with zero attached hydrogens (tertiary/aromatic N) is 1. The summed E-state index contributed by atoms with van der Waals surface area (Å²) in [7, 11) is 0. The van der Waals surface area contributed by atoms with Crippen molar-refractivity contribution in [1.29, 1.82) is 0 Å². The van der Waals surface area contributed by atoms with Crippen molar-refractivity contribution in [3.05, 3.63) is 0 Å². The minimum atomic E-state index is 0.355. The number of hydrogen-bond acceptors (Lipinski definition) is 2. The van der Waals surface area contributed by atoms with E-state index < -0.39 is 0 Å². The van der Waals surface area contributed by atoms with Crippen LogP contribution in [0.4, 0.5) is 0 Å². The van der Waals surface area contributed by atoms with Gasteiger partial charge in [-0.05, 0) is 31.7 Å². The topological polar surface area (TPSA) is 32.3 Å². The Labute approximate surface area is 85.8 Å². The van der Waals surface area contributed by atoms with Crippen molar-refractivity contribution < 1.29 is 4.79 Å². The SMILES string of the molecule is CC1CCN(C(=O)CC2CCCN2)C1. The molecule has 1 N–H and O–H groups in total. The Bertz CT molecular complexity index is 211. The molecule has 80 valence electrons. The van der Waals surface area contributed by atoms with Crippen LogP contribution in [-0.4, -0.2) is 36.5 Å². The van der Waals surface area contributed by atoms with Crippen LogP contribution in [0.3, 0.4) is 0 Å². The predicted molar refractivity (Wildman–Crippen MR) is 56.0 cm³/mol. The molecule has 2 saturated heterocycles. The summed E-state index contributed by atoms with van der Waals surface area (Å²) in [4.78, 5) is 13.9. The molecule has 2 atom stereocenters. The quantitative estimate of drug-likeness (QED) is 0.714. The van der Waals surface area contributed by atoms with Gasteiger partial charge in [-0.25, -0.2) is 0 Å². The van der Waals surface area contributed by atoms with Crippen molar-refractivity contribution in [3.63, 3.8) is 0 Å². The van der Waals surface area contributed by atoms with Crippen molar-refractivity contribution in [2.24, 2.45) is 5.92 Å². The molecule has 0 saturated carbocycles. The van der Waals surface area contributed by atoms with Crippen molar-refractivity contribution in [3.8, 4) is 0 Å². The third-order valence-corrected chi connectivity index (χ3v) is 3.36. The molecule has 0 spiro atoms. The first-order valence-electron chi connectivity index (χ1n) is 5.77. The molecule has 0 aromatic rings. The van der Waals surface area contributed by atoms with Gasteiger partial charge in [0.05, 0.1) is 0 Å². The number of amides is 1. The monoisotopic (exact) mass is 196 g/mol. The van der Waals surface area contributed by atoms with Crippen molar-refractivity contribution in [2.75, 3.05) is 19.6 Å². The van der Waals surface area contributed by atoms with Crippen molar-refractivity contribution >= 4 is 5.91 Å². The van der Waals surface area contributed by atoms with Gasteiger partial charge >= 0.3 is 0 Å². The van der Waals surface area contributed by atoms with E-state index in [0.717, 1.165) is 19.6 Å². The van der Waals surface area contributed by atoms with E-state index in [-0.39, 0.29) is 0 Å². The van der Waals surface area contributed by atoms with Crippen LogP contribution in [0.5, 0.6) is 0 Å². The Morgan fingerprint density at radius 2 is 2.36 bits per heavy atom. The molecule has 0 radical (unpaired) electrons. The molecular formula is C11H20N2O. The van der Waals surface area contributed by atoms with Crippen LogP contribution in [-0.2, 0) is 4.79 Å². The van der Waals surface area contributed by atoms with Crippen molar-refractivity contribution in [2.45, 2.75) is 38.6 Å². The van der Waals surface area contributed by atoms with E-state index in [1.807, 2.05) is 4.90 Å². The Morgan fingerprint density at radius 3 is 2.93 bits per heavy atom. The minimum absolute atomic E-state index is 0.355. The lowest BCUT2D eigenvalue weighted by Crippen LogP contribution is -2.34. The van der Waals surface area contributed by atoms with Crippen LogP contribution in [0.1, 0.15) is 32.6 Å². The van der Waals surface area contributed by atoms with Crippen molar-refractivity contribution in [1.82, 2.24) is 10.2 Å². The maximum Gasteiger partial charge on any atom is 0.224 e. The van der Waals surface area contributed by atoms with Gasteiger partial charge in [0, 0.05) is 25.6 Å². The molecule has 3 nitrogen and oxygen atoms in total.